The zero-order valence-corrected chi connectivity index (χ0v) is 19.5. The largest absolute Gasteiger partial charge is 0.485 e. The Morgan fingerprint density at radius 3 is 2.54 bits per heavy atom. The molecule has 3 aromatic rings. The summed E-state index contributed by atoms with van der Waals surface area (Å²) >= 11 is 12.1. The number of aryl methyl sites for hydroxylation is 1. The first-order chi connectivity index (χ1) is 16.5. The molecular weight excluding hydrogens is 516 g/mol. The molecule has 186 valence electrons. The van der Waals surface area contributed by atoms with Crippen molar-refractivity contribution in [1.82, 2.24) is 31.3 Å². The predicted molar refractivity (Wildman–Crippen MR) is 118 cm³/mol. The first-order valence-electron chi connectivity index (χ1n) is 9.78. The second-order valence-electron chi connectivity index (χ2n) is 6.96. The van der Waals surface area contributed by atoms with Crippen LogP contribution in [0.25, 0.3) is 11.1 Å². The normalized spacial score (nSPS) is 11.8. The number of halogens is 5. The summed E-state index contributed by atoms with van der Waals surface area (Å²) in [4.78, 5) is 27.9. The van der Waals surface area contributed by atoms with Gasteiger partial charge in [0.25, 0.3) is 6.43 Å². The molecule has 3 N–H and O–H groups in total. The highest BCUT2D eigenvalue weighted by molar-refractivity contribution is 6.36. The molecule has 1 atom stereocenters. The van der Waals surface area contributed by atoms with Crippen molar-refractivity contribution in [3.05, 3.63) is 57.7 Å². The Kier molecular flexibility index (Phi) is 8.35. The molecule has 3 rings (SSSR count). The Bertz CT molecular complexity index is 1240. The molecular formula is C20H17Cl2F3N6O4. The van der Waals surface area contributed by atoms with E-state index in [2.05, 4.69) is 25.9 Å². The molecule has 0 spiro atoms. The van der Waals surface area contributed by atoms with E-state index < -0.39 is 36.8 Å². The van der Waals surface area contributed by atoms with Crippen LogP contribution >= 0.6 is 23.2 Å². The Hall–Kier alpha value is -3.58. The van der Waals surface area contributed by atoms with E-state index >= 15 is 0 Å². The van der Waals surface area contributed by atoms with Crippen LogP contribution in [0.4, 0.5) is 18.0 Å². The van der Waals surface area contributed by atoms with Gasteiger partial charge in [-0.3, -0.25) is 15.2 Å². The van der Waals surface area contributed by atoms with Crippen molar-refractivity contribution in [3.63, 3.8) is 0 Å². The fourth-order valence-corrected chi connectivity index (χ4v) is 3.39. The molecule has 2 heterocycles. The summed E-state index contributed by atoms with van der Waals surface area (Å²) in [6.45, 7) is 2.00. The zero-order chi connectivity index (χ0) is 25.7. The lowest BCUT2D eigenvalue weighted by Gasteiger charge is -2.17. The first kappa shape index (κ1) is 26.0. The molecule has 0 aliphatic carbocycles. The van der Waals surface area contributed by atoms with Crippen LogP contribution in [0.1, 0.15) is 35.2 Å². The Balaban J connectivity index is 1.71. The number of benzene rings is 1. The van der Waals surface area contributed by atoms with Gasteiger partial charge in [-0.15, -0.1) is 10.2 Å². The number of hydrogen-bond acceptors (Lipinski definition) is 7. The van der Waals surface area contributed by atoms with Crippen LogP contribution < -0.4 is 20.9 Å². The van der Waals surface area contributed by atoms with Crippen LogP contribution in [0.15, 0.2) is 28.8 Å². The monoisotopic (exact) mass is 532 g/mol. The summed E-state index contributed by atoms with van der Waals surface area (Å²) in [5.74, 6) is -1.99. The van der Waals surface area contributed by atoms with Crippen LogP contribution in [0, 0.1) is 12.7 Å². The van der Waals surface area contributed by atoms with Gasteiger partial charge in [-0.2, -0.15) is 0 Å². The summed E-state index contributed by atoms with van der Waals surface area (Å²) in [7, 11) is 0. The lowest BCUT2D eigenvalue weighted by Crippen LogP contribution is -2.47. The maximum Gasteiger partial charge on any atom is 0.334 e. The standard InChI is InChI=1S/C20H17Cl2F3N6O4/c1-8(27-20(33)31-29-18(32)19-30-28-9(2)35-19)16-14(23)3-10(6-26-16)12-4-11(21)5-13(22)17(12)34-7-15(24)25/h3-6,8,15H,7H2,1-2H3,(H,29,32)(H2,27,31,33). The number of carbonyl (C=O) groups is 2. The minimum Gasteiger partial charge on any atom is -0.485 e. The van der Waals surface area contributed by atoms with Gasteiger partial charge in [-0.25, -0.2) is 23.4 Å². The number of aromatic nitrogens is 3. The minimum absolute atomic E-state index is 0.0397. The lowest BCUT2D eigenvalue weighted by molar-refractivity contribution is 0.0822. The quantitative estimate of drug-likeness (QED) is 0.388. The van der Waals surface area contributed by atoms with Crippen molar-refractivity contribution in [2.45, 2.75) is 26.3 Å². The van der Waals surface area contributed by atoms with Gasteiger partial charge >= 0.3 is 17.8 Å². The molecule has 0 saturated carbocycles. The molecule has 1 aromatic carbocycles. The third-order valence-electron chi connectivity index (χ3n) is 4.31. The number of ether oxygens (including phenoxy) is 1. The molecule has 2 aromatic heterocycles. The van der Waals surface area contributed by atoms with Crippen molar-refractivity contribution < 1.29 is 31.9 Å². The number of rotatable bonds is 7. The maximum atomic E-state index is 14.9. The molecule has 0 bridgehead atoms. The molecule has 0 saturated heterocycles. The maximum absolute atomic E-state index is 14.9. The molecule has 0 aliphatic heterocycles. The smallest absolute Gasteiger partial charge is 0.334 e. The summed E-state index contributed by atoms with van der Waals surface area (Å²) in [5, 5.41) is 9.49. The summed E-state index contributed by atoms with van der Waals surface area (Å²) in [6, 6.07) is 1.91. The van der Waals surface area contributed by atoms with E-state index in [-0.39, 0.29) is 44.4 Å². The highest BCUT2D eigenvalue weighted by Gasteiger charge is 2.20. The second kappa shape index (κ2) is 11.2. The summed E-state index contributed by atoms with van der Waals surface area (Å²) < 4.78 is 50.1. The molecule has 0 radical (unpaired) electrons. The average molecular weight is 533 g/mol. The number of pyridine rings is 1. The van der Waals surface area contributed by atoms with Gasteiger partial charge in [0.1, 0.15) is 18.2 Å². The molecule has 35 heavy (non-hydrogen) atoms. The van der Waals surface area contributed by atoms with E-state index in [1.807, 2.05) is 5.43 Å². The van der Waals surface area contributed by atoms with Crippen molar-refractivity contribution in [3.8, 4) is 16.9 Å². The first-order valence-corrected chi connectivity index (χ1v) is 10.5. The summed E-state index contributed by atoms with van der Waals surface area (Å²) in [6.07, 6.45) is -1.52. The highest BCUT2D eigenvalue weighted by Crippen LogP contribution is 2.39. The zero-order valence-electron chi connectivity index (χ0n) is 18.0. The minimum atomic E-state index is -2.76. The van der Waals surface area contributed by atoms with E-state index in [4.69, 9.17) is 32.4 Å². The van der Waals surface area contributed by atoms with Gasteiger partial charge in [-0.1, -0.05) is 23.2 Å². The average Bonchev–Trinajstić information content (AvgIpc) is 3.22. The Morgan fingerprint density at radius 2 is 1.91 bits per heavy atom. The van der Waals surface area contributed by atoms with E-state index in [9.17, 15) is 22.8 Å². The van der Waals surface area contributed by atoms with E-state index in [1.165, 1.54) is 32.2 Å². The molecule has 1 unspecified atom stereocenters. The van der Waals surface area contributed by atoms with Crippen molar-refractivity contribution in [2.75, 3.05) is 6.61 Å². The third-order valence-corrected chi connectivity index (χ3v) is 4.81. The van der Waals surface area contributed by atoms with Crippen LogP contribution in [0.5, 0.6) is 5.75 Å². The van der Waals surface area contributed by atoms with Crippen molar-refractivity contribution >= 4 is 35.1 Å². The predicted octanol–water partition coefficient (Wildman–Crippen LogP) is 4.24. The van der Waals surface area contributed by atoms with Crippen molar-refractivity contribution in [2.24, 2.45) is 0 Å². The number of nitrogens with one attached hydrogen (secondary N) is 3. The molecule has 15 heteroatoms. The fourth-order valence-electron chi connectivity index (χ4n) is 2.84. The van der Waals surface area contributed by atoms with E-state index in [0.717, 1.165) is 6.07 Å². The lowest BCUT2D eigenvalue weighted by atomic mass is 10.0. The molecule has 0 fully saturated rings. The Morgan fingerprint density at radius 1 is 1.17 bits per heavy atom. The van der Waals surface area contributed by atoms with Crippen LogP contribution in [0.2, 0.25) is 10.0 Å². The van der Waals surface area contributed by atoms with Gasteiger partial charge in [0.05, 0.1) is 16.8 Å². The van der Waals surface area contributed by atoms with Crippen LogP contribution in [-0.2, 0) is 0 Å². The van der Waals surface area contributed by atoms with Gasteiger partial charge in [0.2, 0.25) is 5.89 Å². The van der Waals surface area contributed by atoms with Crippen LogP contribution in [0.3, 0.4) is 0 Å². The molecule has 3 amide bonds. The highest BCUT2D eigenvalue weighted by atomic mass is 35.5. The number of alkyl halides is 2. The van der Waals surface area contributed by atoms with Gasteiger partial charge in [0.15, 0.2) is 0 Å². The van der Waals surface area contributed by atoms with Crippen molar-refractivity contribution in [1.29, 1.82) is 0 Å². The van der Waals surface area contributed by atoms with E-state index in [1.54, 1.807) is 0 Å². The number of amides is 3. The number of hydrazine groups is 1. The SMILES string of the molecule is Cc1nnc(C(=O)NNC(=O)NC(C)c2ncc(-c3cc(Cl)cc(Cl)c3OCC(F)F)cc2F)o1. The number of nitrogens with zero attached hydrogens (tertiary/aromatic N) is 3. The fraction of sp³-hybridized carbons (Fsp3) is 0.250. The molecule has 10 nitrogen and oxygen atoms in total. The van der Waals surface area contributed by atoms with Gasteiger partial charge < -0.3 is 14.5 Å². The number of carbonyl (C=O) groups excluding carboxylic acids is 2. The van der Waals surface area contributed by atoms with Gasteiger partial charge in [0, 0.05) is 29.3 Å². The number of hydrogen-bond donors (Lipinski definition) is 3. The third kappa shape index (κ3) is 6.73. The Labute approximate surface area is 206 Å². The number of urea groups is 1. The summed E-state index contributed by atoms with van der Waals surface area (Å²) in [5.41, 5.74) is 4.26. The molecule has 0 aliphatic rings. The second-order valence-corrected chi connectivity index (χ2v) is 7.80. The topological polar surface area (TPSA) is 131 Å². The van der Waals surface area contributed by atoms with Gasteiger partial charge in [-0.05, 0) is 25.1 Å². The van der Waals surface area contributed by atoms with Crippen LogP contribution in [-0.4, -0.2) is 40.2 Å². The van der Waals surface area contributed by atoms with E-state index in [0.29, 0.717) is 0 Å².